The number of amides is 3. The largest absolute Gasteiger partial charge is 0.358 e. The molecular weight excluding hydrogens is 290 g/mol. The molecule has 1 atom stereocenters. The molecule has 0 spiro atoms. The van der Waals surface area contributed by atoms with E-state index in [0.29, 0.717) is 12.8 Å². The van der Waals surface area contributed by atoms with Crippen molar-refractivity contribution in [3.63, 3.8) is 0 Å². The number of rotatable bonds is 3. The van der Waals surface area contributed by atoms with E-state index in [1.165, 1.54) is 18.8 Å². The predicted molar refractivity (Wildman–Crippen MR) is 78.8 cm³/mol. The fourth-order valence-electron chi connectivity index (χ4n) is 2.69. The van der Waals surface area contributed by atoms with Gasteiger partial charge in [-0.05, 0) is 18.6 Å². The lowest BCUT2D eigenvalue weighted by molar-refractivity contribution is -0.127. The molecule has 6 nitrogen and oxygen atoms in total. The van der Waals surface area contributed by atoms with Gasteiger partial charge in [0.2, 0.25) is 11.8 Å². The summed E-state index contributed by atoms with van der Waals surface area (Å²) in [5.41, 5.74) is 0.778. The van der Waals surface area contributed by atoms with Crippen molar-refractivity contribution in [3.05, 3.63) is 24.3 Å². The minimum Gasteiger partial charge on any atom is -0.358 e. The van der Waals surface area contributed by atoms with Crippen molar-refractivity contribution in [2.24, 2.45) is 0 Å². The van der Waals surface area contributed by atoms with E-state index in [0.717, 1.165) is 10.6 Å². The van der Waals surface area contributed by atoms with Gasteiger partial charge in [0.1, 0.15) is 0 Å². The van der Waals surface area contributed by atoms with Crippen LogP contribution in [0.5, 0.6) is 0 Å². The monoisotopic (exact) mass is 305 g/mol. The summed E-state index contributed by atoms with van der Waals surface area (Å²) >= 11 is 1.39. The topological polar surface area (TPSA) is 78.5 Å². The maximum absolute atomic E-state index is 12.6. The average molecular weight is 305 g/mol. The summed E-state index contributed by atoms with van der Waals surface area (Å²) < 4.78 is 0. The van der Waals surface area contributed by atoms with E-state index in [-0.39, 0.29) is 24.3 Å². The SMILES string of the molecule is CNC(=O)CNC(=O)C12CCC(=O)N1c1ccccc1S2. The molecule has 2 aliphatic rings. The van der Waals surface area contributed by atoms with Gasteiger partial charge in [-0.3, -0.25) is 19.3 Å². The lowest BCUT2D eigenvalue weighted by Crippen LogP contribution is -2.53. The van der Waals surface area contributed by atoms with Crippen LogP contribution in [0, 0.1) is 0 Å². The highest BCUT2D eigenvalue weighted by Gasteiger charge is 2.57. The standard InChI is InChI=1S/C14H15N3O3S/c1-15-11(18)8-16-13(20)14-7-6-12(19)17(14)9-4-2-3-5-10(9)21-14/h2-5H,6-8H2,1H3,(H,15,18)(H,16,20). The van der Waals surface area contributed by atoms with Crippen molar-refractivity contribution in [1.82, 2.24) is 10.6 Å². The first-order chi connectivity index (χ1) is 10.1. The van der Waals surface area contributed by atoms with Crippen LogP contribution in [-0.4, -0.2) is 36.2 Å². The van der Waals surface area contributed by atoms with Crippen LogP contribution in [0.4, 0.5) is 5.69 Å². The van der Waals surface area contributed by atoms with Gasteiger partial charge in [-0.25, -0.2) is 0 Å². The number of likely N-dealkylation sites (N-methyl/N-ethyl adjacent to an activating group) is 1. The molecule has 2 heterocycles. The van der Waals surface area contributed by atoms with E-state index in [9.17, 15) is 14.4 Å². The van der Waals surface area contributed by atoms with Gasteiger partial charge in [0.25, 0.3) is 5.91 Å². The highest BCUT2D eigenvalue weighted by atomic mass is 32.2. The molecular formula is C14H15N3O3S. The number of benzene rings is 1. The Morgan fingerprint density at radius 3 is 2.90 bits per heavy atom. The summed E-state index contributed by atoms with van der Waals surface area (Å²) in [6.45, 7) is -0.0873. The number of hydrogen-bond acceptors (Lipinski definition) is 4. The molecule has 2 aliphatic heterocycles. The van der Waals surface area contributed by atoms with E-state index < -0.39 is 4.87 Å². The van der Waals surface area contributed by atoms with Crippen molar-refractivity contribution in [2.75, 3.05) is 18.5 Å². The molecule has 0 saturated carbocycles. The zero-order valence-corrected chi connectivity index (χ0v) is 12.3. The quantitative estimate of drug-likeness (QED) is 0.851. The minimum atomic E-state index is -0.950. The second-order valence-corrected chi connectivity index (χ2v) is 6.26. The van der Waals surface area contributed by atoms with Gasteiger partial charge in [0.15, 0.2) is 4.87 Å². The summed E-state index contributed by atoms with van der Waals surface area (Å²) in [7, 11) is 1.51. The van der Waals surface area contributed by atoms with Gasteiger partial charge in [-0.15, -0.1) is 0 Å². The minimum absolute atomic E-state index is 0.0532. The molecule has 7 heteroatoms. The predicted octanol–water partition coefficient (Wildman–Crippen LogP) is 0.478. The third-order valence-electron chi connectivity index (χ3n) is 3.72. The molecule has 0 aromatic heterocycles. The van der Waals surface area contributed by atoms with Crippen molar-refractivity contribution in [2.45, 2.75) is 22.6 Å². The molecule has 3 rings (SSSR count). The van der Waals surface area contributed by atoms with Crippen LogP contribution in [0.3, 0.4) is 0 Å². The number of nitrogens with zero attached hydrogens (tertiary/aromatic N) is 1. The Kier molecular flexibility index (Phi) is 3.36. The van der Waals surface area contributed by atoms with Crippen molar-refractivity contribution >= 4 is 35.2 Å². The molecule has 0 bridgehead atoms. The first kappa shape index (κ1) is 13.9. The highest BCUT2D eigenvalue weighted by Crippen LogP contribution is 2.55. The fourth-order valence-corrected chi connectivity index (χ4v) is 4.12. The molecule has 2 N–H and O–H groups in total. The van der Waals surface area contributed by atoms with E-state index in [1.807, 2.05) is 24.3 Å². The normalized spacial score (nSPS) is 22.7. The number of fused-ring (bicyclic) bond motifs is 3. The highest BCUT2D eigenvalue weighted by molar-refractivity contribution is 8.02. The zero-order valence-electron chi connectivity index (χ0n) is 11.5. The van der Waals surface area contributed by atoms with Crippen molar-refractivity contribution in [1.29, 1.82) is 0 Å². The molecule has 1 saturated heterocycles. The van der Waals surface area contributed by atoms with Gasteiger partial charge >= 0.3 is 0 Å². The third kappa shape index (κ3) is 2.08. The van der Waals surface area contributed by atoms with Crippen LogP contribution in [0.2, 0.25) is 0 Å². The smallest absolute Gasteiger partial charge is 0.257 e. The number of anilines is 1. The van der Waals surface area contributed by atoms with E-state index in [2.05, 4.69) is 10.6 Å². The molecule has 21 heavy (non-hydrogen) atoms. The maximum Gasteiger partial charge on any atom is 0.257 e. The molecule has 0 radical (unpaired) electrons. The van der Waals surface area contributed by atoms with E-state index in [1.54, 1.807) is 4.90 Å². The summed E-state index contributed by atoms with van der Waals surface area (Å²) in [6.07, 6.45) is 0.791. The van der Waals surface area contributed by atoms with Gasteiger partial charge in [0, 0.05) is 18.4 Å². The van der Waals surface area contributed by atoms with Crippen LogP contribution in [0.1, 0.15) is 12.8 Å². The van der Waals surface area contributed by atoms with Gasteiger partial charge < -0.3 is 10.6 Å². The van der Waals surface area contributed by atoms with Crippen LogP contribution >= 0.6 is 11.8 Å². The van der Waals surface area contributed by atoms with Crippen LogP contribution in [0.25, 0.3) is 0 Å². The van der Waals surface area contributed by atoms with Gasteiger partial charge in [-0.1, -0.05) is 23.9 Å². The van der Waals surface area contributed by atoms with Crippen molar-refractivity contribution < 1.29 is 14.4 Å². The lowest BCUT2D eigenvalue weighted by Gasteiger charge is -2.29. The van der Waals surface area contributed by atoms with E-state index in [4.69, 9.17) is 0 Å². The first-order valence-electron chi connectivity index (χ1n) is 6.68. The van der Waals surface area contributed by atoms with Gasteiger partial charge in [0.05, 0.1) is 12.2 Å². The third-order valence-corrected chi connectivity index (χ3v) is 5.19. The zero-order chi connectivity index (χ0) is 15.0. The summed E-state index contributed by atoms with van der Waals surface area (Å²) in [6, 6.07) is 7.48. The van der Waals surface area contributed by atoms with Crippen LogP contribution in [0.15, 0.2) is 29.2 Å². The Morgan fingerprint density at radius 2 is 2.14 bits per heavy atom. The Hall–Kier alpha value is -2.02. The average Bonchev–Trinajstić information content (AvgIpc) is 3.00. The van der Waals surface area contributed by atoms with E-state index >= 15 is 0 Å². The summed E-state index contributed by atoms with van der Waals surface area (Å²) in [5, 5.41) is 5.08. The Balaban J connectivity index is 1.88. The molecule has 1 aromatic carbocycles. The fraction of sp³-hybridized carbons (Fsp3) is 0.357. The van der Waals surface area contributed by atoms with Crippen LogP contribution < -0.4 is 15.5 Å². The van der Waals surface area contributed by atoms with Gasteiger partial charge in [-0.2, -0.15) is 0 Å². The lowest BCUT2D eigenvalue weighted by atomic mass is 10.2. The number of carbonyl (C=O) groups is 3. The Labute approximate surface area is 126 Å². The molecule has 110 valence electrons. The molecule has 3 amide bonds. The number of carbonyl (C=O) groups excluding carboxylic acids is 3. The maximum atomic E-state index is 12.6. The first-order valence-corrected chi connectivity index (χ1v) is 7.50. The Bertz CT molecular complexity index is 634. The number of nitrogens with one attached hydrogen (secondary N) is 2. The second kappa shape index (κ2) is 5.07. The Morgan fingerprint density at radius 1 is 1.38 bits per heavy atom. The molecule has 1 fully saturated rings. The molecule has 1 unspecified atom stereocenters. The van der Waals surface area contributed by atoms with Crippen LogP contribution in [-0.2, 0) is 14.4 Å². The second-order valence-electron chi connectivity index (χ2n) is 4.94. The number of thioether (sulfide) groups is 1. The molecule has 1 aromatic rings. The number of hydrogen-bond donors (Lipinski definition) is 2. The summed E-state index contributed by atoms with van der Waals surface area (Å²) in [4.78, 5) is 37.6. The van der Waals surface area contributed by atoms with Crippen molar-refractivity contribution in [3.8, 4) is 0 Å². The number of para-hydroxylation sites is 1. The molecule has 0 aliphatic carbocycles. The summed E-state index contributed by atoms with van der Waals surface area (Å²) in [5.74, 6) is -0.614.